The van der Waals surface area contributed by atoms with E-state index >= 15 is 0 Å². The van der Waals surface area contributed by atoms with Crippen LogP contribution < -0.4 is 0 Å². The summed E-state index contributed by atoms with van der Waals surface area (Å²) in [6.07, 6.45) is 2.98. The Labute approximate surface area is 61.7 Å². The molecular weight excluding hydrogens is 124 g/mol. The summed E-state index contributed by atoms with van der Waals surface area (Å²) in [5.74, 6) is 1.63. The summed E-state index contributed by atoms with van der Waals surface area (Å²) in [5.41, 5.74) is 1.16. The highest BCUT2D eigenvalue weighted by Gasteiger charge is 2.01. The minimum Gasteiger partial charge on any atom is -0.348 e. The number of hydrogen-bond donors (Lipinski definition) is 1. The van der Waals surface area contributed by atoms with Crippen molar-refractivity contribution in [2.24, 2.45) is 0 Å². The number of imidazole rings is 1. The SMILES string of the molecule is CCc1nc(C(C)C)c[nH]1. The van der Waals surface area contributed by atoms with Crippen LogP contribution in [-0.2, 0) is 6.42 Å². The van der Waals surface area contributed by atoms with Crippen molar-refractivity contribution in [3.63, 3.8) is 0 Å². The molecule has 1 aromatic heterocycles. The lowest BCUT2D eigenvalue weighted by Gasteiger charge is -1.95. The fourth-order valence-corrected chi connectivity index (χ4v) is 0.855. The van der Waals surface area contributed by atoms with Crippen LogP contribution in [0.3, 0.4) is 0 Å². The third kappa shape index (κ3) is 1.38. The first-order valence-corrected chi connectivity index (χ1v) is 3.78. The lowest BCUT2D eigenvalue weighted by atomic mass is 10.2. The molecule has 2 heteroatoms. The van der Waals surface area contributed by atoms with Crippen LogP contribution >= 0.6 is 0 Å². The topological polar surface area (TPSA) is 28.7 Å². The summed E-state index contributed by atoms with van der Waals surface area (Å²) >= 11 is 0. The van der Waals surface area contributed by atoms with Gasteiger partial charge in [-0.3, -0.25) is 0 Å². The third-order valence-corrected chi connectivity index (χ3v) is 1.58. The van der Waals surface area contributed by atoms with Gasteiger partial charge in [0.05, 0.1) is 5.69 Å². The molecular formula is C8H14N2. The standard InChI is InChI=1S/C8H14N2/c1-4-8-9-5-7(10-8)6(2)3/h5-6H,4H2,1-3H3,(H,9,10). The molecule has 56 valence electrons. The van der Waals surface area contributed by atoms with Gasteiger partial charge >= 0.3 is 0 Å². The van der Waals surface area contributed by atoms with Crippen LogP contribution in [0.2, 0.25) is 0 Å². The molecule has 0 aliphatic rings. The van der Waals surface area contributed by atoms with Gasteiger partial charge in [0.2, 0.25) is 0 Å². The molecule has 0 aliphatic carbocycles. The molecule has 1 aromatic rings. The van der Waals surface area contributed by atoms with Crippen molar-refractivity contribution in [2.75, 3.05) is 0 Å². The highest BCUT2D eigenvalue weighted by Crippen LogP contribution is 2.10. The first-order chi connectivity index (χ1) is 4.74. The Morgan fingerprint density at radius 1 is 1.60 bits per heavy atom. The fraction of sp³-hybridized carbons (Fsp3) is 0.625. The van der Waals surface area contributed by atoms with Crippen molar-refractivity contribution in [1.29, 1.82) is 0 Å². The highest BCUT2D eigenvalue weighted by molar-refractivity contribution is 5.04. The van der Waals surface area contributed by atoms with Crippen molar-refractivity contribution < 1.29 is 0 Å². The quantitative estimate of drug-likeness (QED) is 0.666. The second-order valence-corrected chi connectivity index (χ2v) is 2.78. The summed E-state index contributed by atoms with van der Waals surface area (Å²) in [4.78, 5) is 7.50. The van der Waals surface area contributed by atoms with Gasteiger partial charge in [-0.25, -0.2) is 4.98 Å². The molecule has 1 rings (SSSR count). The van der Waals surface area contributed by atoms with Crippen LogP contribution in [0.1, 0.15) is 38.2 Å². The third-order valence-electron chi connectivity index (χ3n) is 1.58. The van der Waals surface area contributed by atoms with Crippen molar-refractivity contribution in [3.05, 3.63) is 17.7 Å². The summed E-state index contributed by atoms with van der Waals surface area (Å²) in [6, 6.07) is 0. The largest absolute Gasteiger partial charge is 0.348 e. The number of nitrogens with one attached hydrogen (secondary N) is 1. The zero-order valence-corrected chi connectivity index (χ0v) is 6.81. The van der Waals surface area contributed by atoms with Gasteiger partial charge in [-0.05, 0) is 5.92 Å². The van der Waals surface area contributed by atoms with Crippen LogP contribution in [0.5, 0.6) is 0 Å². The molecule has 1 heterocycles. The molecule has 0 saturated heterocycles. The van der Waals surface area contributed by atoms with Crippen molar-refractivity contribution in [3.8, 4) is 0 Å². The predicted molar refractivity (Wildman–Crippen MR) is 42.1 cm³/mol. The number of nitrogens with zero attached hydrogens (tertiary/aromatic N) is 1. The average molecular weight is 138 g/mol. The number of H-pyrrole nitrogens is 1. The maximum Gasteiger partial charge on any atom is 0.106 e. The Balaban J connectivity index is 2.78. The second-order valence-electron chi connectivity index (χ2n) is 2.78. The zero-order chi connectivity index (χ0) is 7.56. The molecule has 0 saturated carbocycles. The maximum absolute atomic E-state index is 4.37. The molecule has 0 radical (unpaired) electrons. The van der Waals surface area contributed by atoms with Gasteiger partial charge in [-0.2, -0.15) is 0 Å². The van der Waals surface area contributed by atoms with E-state index in [0.717, 1.165) is 17.9 Å². The molecule has 0 unspecified atom stereocenters. The Morgan fingerprint density at radius 2 is 2.30 bits per heavy atom. The average Bonchev–Trinajstić information content (AvgIpc) is 2.34. The highest BCUT2D eigenvalue weighted by atomic mass is 14.9. The monoisotopic (exact) mass is 138 g/mol. The summed E-state index contributed by atoms with van der Waals surface area (Å²) < 4.78 is 0. The molecule has 0 fully saturated rings. The molecule has 0 spiro atoms. The number of hydrogen-bond acceptors (Lipinski definition) is 1. The Kier molecular flexibility index (Phi) is 2.10. The smallest absolute Gasteiger partial charge is 0.106 e. The molecule has 2 nitrogen and oxygen atoms in total. The molecule has 10 heavy (non-hydrogen) atoms. The van der Waals surface area contributed by atoms with Crippen LogP contribution in [0, 0.1) is 0 Å². The van der Waals surface area contributed by atoms with Gasteiger partial charge in [0.25, 0.3) is 0 Å². The van der Waals surface area contributed by atoms with Crippen LogP contribution in [0.15, 0.2) is 6.20 Å². The zero-order valence-electron chi connectivity index (χ0n) is 6.81. The van der Waals surface area contributed by atoms with E-state index in [1.54, 1.807) is 0 Å². The normalized spacial score (nSPS) is 10.8. The Morgan fingerprint density at radius 3 is 2.60 bits per heavy atom. The fourth-order valence-electron chi connectivity index (χ4n) is 0.855. The van der Waals surface area contributed by atoms with Gasteiger partial charge in [-0.1, -0.05) is 20.8 Å². The lowest BCUT2D eigenvalue weighted by Crippen LogP contribution is -1.87. The van der Waals surface area contributed by atoms with Crippen LogP contribution in [0.4, 0.5) is 0 Å². The minimum atomic E-state index is 0.538. The summed E-state index contributed by atoms with van der Waals surface area (Å²) in [5, 5.41) is 0. The molecule has 0 aliphatic heterocycles. The Hall–Kier alpha value is -0.790. The van der Waals surface area contributed by atoms with Gasteiger partial charge in [-0.15, -0.1) is 0 Å². The van der Waals surface area contributed by atoms with Gasteiger partial charge < -0.3 is 4.98 Å². The van der Waals surface area contributed by atoms with Crippen LogP contribution in [-0.4, -0.2) is 9.97 Å². The van der Waals surface area contributed by atoms with Crippen LogP contribution in [0.25, 0.3) is 0 Å². The molecule has 0 atom stereocenters. The lowest BCUT2D eigenvalue weighted by molar-refractivity contribution is 0.823. The van der Waals surface area contributed by atoms with E-state index in [9.17, 15) is 0 Å². The van der Waals surface area contributed by atoms with Gasteiger partial charge in [0, 0.05) is 12.6 Å². The van der Waals surface area contributed by atoms with Crippen molar-refractivity contribution >= 4 is 0 Å². The number of aryl methyl sites for hydroxylation is 1. The maximum atomic E-state index is 4.37. The van der Waals surface area contributed by atoms with Crippen molar-refractivity contribution in [1.82, 2.24) is 9.97 Å². The van der Waals surface area contributed by atoms with E-state index in [1.807, 2.05) is 6.20 Å². The Bertz CT molecular complexity index is 201. The second kappa shape index (κ2) is 2.86. The van der Waals surface area contributed by atoms with E-state index in [4.69, 9.17) is 0 Å². The predicted octanol–water partition coefficient (Wildman–Crippen LogP) is 2.10. The number of rotatable bonds is 2. The minimum absolute atomic E-state index is 0.538. The van der Waals surface area contributed by atoms with E-state index in [0.29, 0.717) is 5.92 Å². The number of aromatic nitrogens is 2. The number of aromatic amines is 1. The molecule has 0 amide bonds. The van der Waals surface area contributed by atoms with E-state index in [-0.39, 0.29) is 0 Å². The molecule has 0 bridgehead atoms. The molecule has 1 N–H and O–H groups in total. The van der Waals surface area contributed by atoms with E-state index in [2.05, 4.69) is 30.7 Å². The first kappa shape index (κ1) is 7.32. The summed E-state index contributed by atoms with van der Waals surface area (Å²) in [6.45, 7) is 6.40. The van der Waals surface area contributed by atoms with Crippen molar-refractivity contribution in [2.45, 2.75) is 33.1 Å². The van der Waals surface area contributed by atoms with E-state index in [1.165, 1.54) is 0 Å². The first-order valence-electron chi connectivity index (χ1n) is 3.78. The van der Waals surface area contributed by atoms with Gasteiger partial charge in [0.15, 0.2) is 0 Å². The molecule has 0 aromatic carbocycles. The van der Waals surface area contributed by atoms with E-state index < -0.39 is 0 Å². The van der Waals surface area contributed by atoms with Gasteiger partial charge in [0.1, 0.15) is 5.82 Å². The summed E-state index contributed by atoms with van der Waals surface area (Å²) in [7, 11) is 0.